The minimum Gasteiger partial charge on any atom is -0.347 e. The number of nitro groups is 1. The minimum absolute atomic E-state index is 0.142. The highest BCUT2D eigenvalue weighted by Gasteiger charge is 2.19. The van der Waals surface area contributed by atoms with E-state index in [2.05, 4.69) is 9.97 Å². The number of fused-ring (bicyclic) bond motifs is 2. The number of nitro benzene ring substituents is 1. The molecule has 0 unspecified atom stereocenters. The second-order valence-electron chi connectivity index (χ2n) is 6.24. The number of aromatic nitrogens is 3. The topological polar surface area (TPSA) is 120 Å². The van der Waals surface area contributed by atoms with Gasteiger partial charge in [0.25, 0.3) is 11.2 Å². The maximum Gasteiger partial charge on any atom is 0.296 e. The van der Waals surface area contributed by atoms with Crippen LogP contribution in [-0.2, 0) is 6.54 Å². The summed E-state index contributed by atoms with van der Waals surface area (Å²) in [5.74, 6) is 0. The van der Waals surface area contributed by atoms with Gasteiger partial charge < -0.3 is 15.3 Å². The van der Waals surface area contributed by atoms with Gasteiger partial charge in [0.15, 0.2) is 5.52 Å². The third-order valence-electron chi connectivity index (χ3n) is 4.55. The van der Waals surface area contributed by atoms with Crippen LogP contribution in [0.15, 0.2) is 53.5 Å². The quantitative estimate of drug-likeness (QED) is 0.417. The number of nitrogens with two attached hydrogens (primary N) is 1. The monoisotopic (exact) mass is 363 g/mol. The van der Waals surface area contributed by atoms with E-state index in [1.807, 2.05) is 35.0 Å². The van der Waals surface area contributed by atoms with E-state index in [-0.39, 0.29) is 22.5 Å². The zero-order valence-corrected chi connectivity index (χ0v) is 14.4. The summed E-state index contributed by atoms with van der Waals surface area (Å²) in [6, 6.07) is 12.2. The molecule has 0 aliphatic heterocycles. The highest BCUT2D eigenvalue weighted by molar-refractivity contribution is 5.96. The van der Waals surface area contributed by atoms with Crippen LogP contribution in [0.4, 0.5) is 5.69 Å². The van der Waals surface area contributed by atoms with E-state index < -0.39 is 4.92 Å². The Labute approximate surface area is 153 Å². The van der Waals surface area contributed by atoms with E-state index in [0.29, 0.717) is 24.2 Å². The second-order valence-corrected chi connectivity index (χ2v) is 6.24. The first-order valence-corrected chi connectivity index (χ1v) is 8.56. The van der Waals surface area contributed by atoms with Crippen molar-refractivity contribution in [2.75, 3.05) is 6.54 Å². The molecule has 2 heterocycles. The van der Waals surface area contributed by atoms with Crippen molar-refractivity contribution in [3.8, 4) is 11.3 Å². The van der Waals surface area contributed by atoms with Crippen LogP contribution >= 0.6 is 0 Å². The molecule has 0 aliphatic carbocycles. The van der Waals surface area contributed by atoms with Crippen LogP contribution in [0.2, 0.25) is 0 Å². The maximum atomic E-state index is 12.7. The molecule has 136 valence electrons. The molecule has 0 aliphatic rings. The molecule has 27 heavy (non-hydrogen) atoms. The van der Waals surface area contributed by atoms with Crippen molar-refractivity contribution in [3.63, 3.8) is 0 Å². The Kier molecular flexibility index (Phi) is 4.17. The number of nitrogens with zero attached hydrogens (tertiary/aromatic N) is 3. The first kappa shape index (κ1) is 16.9. The number of benzene rings is 2. The molecular weight excluding hydrogens is 346 g/mol. The summed E-state index contributed by atoms with van der Waals surface area (Å²) in [7, 11) is 0. The second kappa shape index (κ2) is 6.65. The van der Waals surface area contributed by atoms with Crippen molar-refractivity contribution in [1.82, 2.24) is 14.5 Å². The summed E-state index contributed by atoms with van der Waals surface area (Å²) in [4.78, 5) is 30.6. The molecule has 3 N–H and O–H groups in total. The third-order valence-corrected chi connectivity index (χ3v) is 4.55. The number of nitrogens with one attached hydrogen (secondary N) is 1. The molecule has 0 saturated heterocycles. The largest absolute Gasteiger partial charge is 0.347 e. The molecule has 8 heteroatoms. The van der Waals surface area contributed by atoms with E-state index in [4.69, 9.17) is 5.73 Å². The smallest absolute Gasteiger partial charge is 0.296 e. The van der Waals surface area contributed by atoms with Crippen molar-refractivity contribution in [1.29, 1.82) is 0 Å². The zero-order valence-electron chi connectivity index (χ0n) is 14.4. The molecule has 0 fully saturated rings. The van der Waals surface area contributed by atoms with Gasteiger partial charge in [0.05, 0.1) is 10.4 Å². The van der Waals surface area contributed by atoms with Crippen LogP contribution in [-0.4, -0.2) is 26.0 Å². The van der Waals surface area contributed by atoms with Crippen molar-refractivity contribution >= 4 is 27.6 Å². The van der Waals surface area contributed by atoms with E-state index in [0.717, 1.165) is 17.3 Å². The Morgan fingerprint density at radius 1 is 1.19 bits per heavy atom. The summed E-state index contributed by atoms with van der Waals surface area (Å²) < 4.78 is 2.03. The molecule has 4 rings (SSSR count). The van der Waals surface area contributed by atoms with Crippen molar-refractivity contribution in [3.05, 3.63) is 69.1 Å². The fourth-order valence-corrected chi connectivity index (χ4v) is 3.31. The lowest BCUT2D eigenvalue weighted by molar-refractivity contribution is -0.383. The van der Waals surface area contributed by atoms with E-state index in [1.165, 1.54) is 12.1 Å². The Hall–Kier alpha value is -3.52. The predicted octanol–water partition coefficient (Wildman–Crippen LogP) is 2.80. The standard InChI is InChI=1S/C19H17N5O3/c20-9-4-10-23-11-13(12-5-1-2-7-15(12)23)17-19(25)21-14-6-3-8-16(24(26)27)18(14)22-17/h1-3,5-8,11H,4,9-10,20H2,(H,21,25). The molecular formula is C19H17N5O3. The van der Waals surface area contributed by atoms with E-state index >= 15 is 0 Å². The number of hydrogen-bond donors (Lipinski definition) is 2. The highest BCUT2D eigenvalue weighted by atomic mass is 16.6. The molecule has 0 radical (unpaired) electrons. The lowest BCUT2D eigenvalue weighted by Crippen LogP contribution is -2.12. The SMILES string of the molecule is NCCCn1cc(-c2nc3c([N+](=O)[O-])cccc3[nH]c2=O)c2ccccc21. The van der Waals surface area contributed by atoms with Gasteiger partial charge in [0, 0.05) is 35.3 Å². The molecule has 0 atom stereocenters. The van der Waals surface area contributed by atoms with Gasteiger partial charge in [-0.3, -0.25) is 14.9 Å². The number of para-hydroxylation sites is 2. The molecule has 0 bridgehead atoms. The Morgan fingerprint density at radius 3 is 2.78 bits per heavy atom. The predicted molar refractivity (Wildman–Crippen MR) is 104 cm³/mol. The Bertz CT molecular complexity index is 1230. The van der Waals surface area contributed by atoms with Crippen LogP contribution in [0.1, 0.15) is 6.42 Å². The number of rotatable bonds is 5. The minimum atomic E-state index is -0.498. The first-order valence-electron chi connectivity index (χ1n) is 8.56. The van der Waals surface area contributed by atoms with Gasteiger partial charge in [-0.15, -0.1) is 0 Å². The average molecular weight is 363 g/mol. The molecule has 2 aromatic heterocycles. The summed E-state index contributed by atoms with van der Waals surface area (Å²) in [6.45, 7) is 1.27. The van der Waals surface area contributed by atoms with Gasteiger partial charge in [-0.1, -0.05) is 24.3 Å². The number of aryl methyl sites for hydroxylation is 1. The summed E-state index contributed by atoms with van der Waals surface area (Å²) in [5.41, 5.74) is 7.37. The zero-order chi connectivity index (χ0) is 19.0. The normalized spacial score (nSPS) is 11.3. The van der Waals surface area contributed by atoms with Gasteiger partial charge in [-0.25, -0.2) is 4.98 Å². The lowest BCUT2D eigenvalue weighted by atomic mass is 10.1. The Balaban J connectivity index is 2.00. The highest BCUT2D eigenvalue weighted by Crippen LogP contribution is 2.30. The van der Waals surface area contributed by atoms with Gasteiger partial charge in [0.1, 0.15) is 5.69 Å². The number of aromatic amines is 1. The van der Waals surface area contributed by atoms with E-state index in [1.54, 1.807) is 6.07 Å². The van der Waals surface area contributed by atoms with Gasteiger partial charge in [-0.2, -0.15) is 0 Å². The molecule has 0 amide bonds. The van der Waals surface area contributed by atoms with Crippen molar-refractivity contribution in [2.45, 2.75) is 13.0 Å². The molecule has 0 saturated carbocycles. The van der Waals surface area contributed by atoms with Crippen molar-refractivity contribution < 1.29 is 4.92 Å². The maximum absolute atomic E-state index is 12.7. The number of H-pyrrole nitrogens is 1. The van der Waals surface area contributed by atoms with Crippen LogP contribution in [0.5, 0.6) is 0 Å². The van der Waals surface area contributed by atoms with Crippen LogP contribution < -0.4 is 11.3 Å². The van der Waals surface area contributed by atoms with Crippen LogP contribution in [0, 0.1) is 10.1 Å². The summed E-state index contributed by atoms with van der Waals surface area (Å²) in [5, 5.41) is 12.2. The van der Waals surface area contributed by atoms with Crippen LogP contribution in [0.3, 0.4) is 0 Å². The molecule has 4 aromatic rings. The number of hydrogen-bond acceptors (Lipinski definition) is 5. The Morgan fingerprint density at radius 2 is 2.00 bits per heavy atom. The average Bonchev–Trinajstić information content (AvgIpc) is 3.03. The fraction of sp³-hybridized carbons (Fsp3) is 0.158. The molecule has 0 spiro atoms. The van der Waals surface area contributed by atoms with Gasteiger partial charge >= 0.3 is 0 Å². The first-order chi connectivity index (χ1) is 13.1. The van der Waals surface area contributed by atoms with Gasteiger partial charge in [0.2, 0.25) is 0 Å². The van der Waals surface area contributed by atoms with E-state index in [9.17, 15) is 14.9 Å². The number of non-ortho nitro benzene ring substituents is 1. The van der Waals surface area contributed by atoms with Crippen molar-refractivity contribution in [2.24, 2.45) is 5.73 Å². The third kappa shape index (κ3) is 2.85. The van der Waals surface area contributed by atoms with Gasteiger partial charge in [-0.05, 0) is 25.1 Å². The summed E-state index contributed by atoms with van der Waals surface area (Å²) in [6.07, 6.45) is 2.66. The summed E-state index contributed by atoms with van der Waals surface area (Å²) >= 11 is 0. The fourth-order valence-electron chi connectivity index (χ4n) is 3.31. The molecule has 8 nitrogen and oxygen atoms in total. The molecule has 2 aromatic carbocycles. The van der Waals surface area contributed by atoms with Crippen LogP contribution in [0.25, 0.3) is 33.2 Å². The lowest BCUT2D eigenvalue weighted by Gasteiger charge is -2.03.